The van der Waals surface area contributed by atoms with Crippen LogP contribution < -0.4 is 10.6 Å². The van der Waals surface area contributed by atoms with Crippen LogP contribution in [0.4, 0.5) is 24.5 Å². The third-order valence-electron chi connectivity index (χ3n) is 3.60. The summed E-state index contributed by atoms with van der Waals surface area (Å²) in [5.41, 5.74) is 6.96. The molecule has 0 unspecified atom stereocenters. The third-order valence-corrected chi connectivity index (χ3v) is 3.60. The number of benzene rings is 2. The SMILES string of the molecule is Nc1ccc(N(CCO)CCO)c(-c2cccc(C(F)(F)F)c2)c1. The van der Waals surface area contributed by atoms with E-state index in [1.807, 2.05) is 0 Å². The van der Waals surface area contributed by atoms with E-state index in [-0.39, 0.29) is 26.3 Å². The second-order valence-corrected chi connectivity index (χ2v) is 5.29. The van der Waals surface area contributed by atoms with E-state index in [4.69, 9.17) is 5.73 Å². The van der Waals surface area contributed by atoms with Crippen molar-refractivity contribution in [3.05, 3.63) is 48.0 Å². The minimum Gasteiger partial charge on any atom is -0.399 e. The second kappa shape index (κ2) is 7.55. The predicted molar refractivity (Wildman–Crippen MR) is 87.7 cm³/mol. The molecule has 24 heavy (non-hydrogen) atoms. The maximum Gasteiger partial charge on any atom is 0.416 e. The van der Waals surface area contributed by atoms with Gasteiger partial charge in [-0.2, -0.15) is 13.2 Å². The molecule has 2 aromatic rings. The van der Waals surface area contributed by atoms with E-state index in [1.54, 1.807) is 29.2 Å². The summed E-state index contributed by atoms with van der Waals surface area (Å²) >= 11 is 0. The fraction of sp³-hybridized carbons (Fsp3) is 0.294. The minimum absolute atomic E-state index is 0.146. The van der Waals surface area contributed by atoms with Gasteiger partial charge in [-0.3, -0.25) is 0 Å². The van der Waals surface area contributed by atoms with Crippen LogP contribution in [0.1, 0.15) is 5.56 Å². The van der Waals surface area contributed by atoms with Crippen LogP contribution in [0.25, 0.3) is 11.1 Å². The number of hydrogen-bond donors (Lipinski definition) is 3. The van der Waals surface area contributed by atoms with Crippen LogP contribution in [-0.4, -0.2) is 36.5 Å². The van der Waals surface area contributed by atoms with Gasteiger partial charge in [-0.1, -0.05) is 12.1 Å². The summed E-state index contributed by atoms with van der Waals surface area (Å²) in [7, 11) is 0. The van der Waals surface area contributed by atoms with Crippen molar-refractivity contribution >= 4 is 11.4 Å². The van der Waals surface area contributed by atoms with Gasteiger partial charge in [0, 0.05) is 30.0 Å². The lowest BCUT2D eigenvalue weighted by molar-refractivity contribution is -0.137. The van der Waals surface area contributed by atoms with Crippen molar-refractivity contribution in [3.63, 3.8) is 0 Å². The highest BCUT2D eigenvalue weighted by Crippen LogP contribution is 2.36. The van der Waals surface area contributed by atoms with Gasteiger partial charge in [0.2, 0.25) is 0 Å². The summed E-state index contributed by atoms with van der Waals surface area (Å²) < 4.78 is 38.9. The van der Waals surface area contributed by atoms with Crippen molar-refractivity contribution in [2.75, 3.05) is 36.9 Å². The zero-order valence-corrected chi connectivity index (χ0v) is 12.9. The number of nitrogen functional groups attached to an aromatic ring is 1. The second-order valence-electron chi connectivity index (χ2n) is 5.29. The topological polar surface area (TPSA) is 69.7 Å². The molecule has 0 bridgehead atoms. The molecule has 0 fully saturated rings. The molecule has 4 N–H and O–H groups in total. The Bertz CT molecular complexity index is 684. The Hall–Kier alpha value is -2.25. The van der Waals surface area contributed by atoms with E-state index in [0.29, 0.717) is 22.5 Å². The summed E-state index contributed by atoms with van der Waals surface area (Å²) in [6.07, 6.45) is -4.44. The molecule has 0 saturated carbocycles. The predicted octanol–water partition coefficient (Wildman–Crippen LogP) is 2.75. The fourth-order valence-corrected chi connectivity index (χ4v) is 2.52. The monoisotopic (exact) mass is 340 g/mol. The molecule has 0 aromatic heterocycles. The summed E-state index contributed by atoms with van der Waals surface area (Å²) in [5.74, 6) is 0. The highest BCUT2D eigenvalue weighted by Gasteiger charge is 2.30. The van der Waals surface area contributed by atoms with Crippen molar-refractivity contribution in [1.29, 1.82) is 0 Å². The van der Waals surface area contributed by atoms with Crippen LogP contribution in [0, 0.1) is 0 Å². The Morgan fingerprint density at radius 3 is 2.21 bits per heavy atom. The van der Waals surface area contributed by atoms with Gasteiger partial charge < -0.3 is 20.8 Å². The molecule has 0 spiro atoms. The van der Waals surface area contributed by atoms with E-state index in [1.165, 1.54) is 6.07 Å². The van der Waals surface area contributed by atoms with Crippen LogP contribution in [0.5, 0.6) is 0 Å². The molecule has 4 nitrogen and oxygen atoms in total. The third kappa shape index (κ3) is 4.18. The number of anilines is 2. The van der Waals surface area contributed by atoms with Crippen molar-refractivity contribution in [1.82, 2.24) is 0 Å². The maximum absolute atomic E-state index is 13.0. The van der Waals surface area contributed by atoms with Gasteiger partial charge >= 0.3 is 6.18 Å². The Morgan fingerprint density at radius 1 is 0.958 bits per heavy atom. The highest BCUT2D eigenvalue weighted by molar-refractivity contribution is 5.81. The maximum atomic E-state index is 13.0. The summed E-state index contributed by atoms with van der Waals surface area (Å²) in [6, 6.07) is 9.89. The number of nitrogens with zero attached hydrogens (tertiary/aromatic N) is 1. The molecule has 0 aliphatic heterocycles. The Morgan fingerprint density at radius 2 is 1.62 bits per heavy atom. The first-order valence-electron chi connectivity index (χ1n) is 7.40. The molecule has 0 saturated heterocycles. The van der Waals surface area contributed by atoms with Crippen molar-refractivity contribution in [3.8, 4) is 11.1 Å². The summed E-state index contributed by atoms with van der Waals surface area (Å²) in [5, 5.41) is 18.4. The quantitative estimate of drug-likeness (QED) is 0.707. The Balaban J connectivity index is 2.55. The lowest BCUT2D eigenvalue weighted by Crippen LogP contribution is -2.30. The van der Waals surface area contributed by atoms with E-state index in [9.17, 15) is 23.4 Å². The van der Waals surface area contributed by atoms with Gasteiger partial charge in [0.1, 0.15) is 0 Å². The molecule has 2 aromatic carbocycles. The van der Waals surface area contributed by atoms with Gasteiger partial charge in [0.15, 0.2) is 0 Å². The highest BCUT2D eigenvalue weighted by atomic mass is 19.4. The molecular formula is C17H19F3N2O2. The first kappa shape index (κ1) is 18.1. The summed E-state index contributed by atoms with van der Waals surface area (Å²) in [6.45, 7) is 0.200. The number of alkyl halides is 3. The molecule has 0 atom stereocenters. The standard InChI is InChI=1S/C17H19F3N2O2/c18-17(19,20)13-3-1-2-12(10-13)15-11-14(21)4-5-16(15)22(6-8-23)7-9-24/h1-5,10-11,23-24H,6-9,21H2. The number of aliphatic hydroxyl groups is 2. The van der Waals surface area contributed by atoms with Gasteiger partial charge in [-0.25, -0.2) is 0 Å². The van der Waals surface area contributed by atoms with E-state index in [2.05, 4.69) is 0 Å². The van der Waals surface area contributed by atoms with Gasteiger partial charge in [0.25, 0.3) is 0 Å². The van der Waals surface area contributed by atoms with Gasteiger partial charge in [-0.15, -0.1) is 0 Å². The Kier molecular flexibility index (Phi) is 5.69. The first-order chi connectivity index (χ1) is 11.4. The van der Waals surface area contributed by atoms with Crippen molar-refractivity contribution < 1.29 is 23.4 Å². The molecule has 7 heteroatoms. The van der Waals surface area contributed by atoms with E-state index >= 15 is 0 Å². The average molecular weight is 340 g/mol. The van der Waals surface area contributed by atoms with Crippen LogP contribution in [0.15, 0.2) is 42.5 Å². The molecule has 0 aliphatic rings. The number of rotatable bonds is 6. The molecule has 0 amide bonds. The molecule has 2 rings (SSSR count). The number of halogens is 3. The smallest absolute Gasteiger partial charge is 0.399 e. The number of nitrogens with two attached hydrogens (primary N) is 1. The van der Waals surface area contributed by atoms with Gasteiger partial charge in [0.05, 0.1) is 18.8 Å². The van der Waals surface area contributed by atoms with E-state index < -0.39 is 11.7 Å². The largest absolute Gasteiger partial charge is 0.416 e. The lowest BCUT2D eigenvalue weighted by Gasteiger charge is -2.26. The molecular weight excluding hydrogens is 321 g/mol. The minimum atomic E-state index is -4.44. The first-order valence-corrected chi connectivity index (χ1v) is 7.40. The number of hydrogen-bond acceptors (Lipinski definition) is 4. The molecule has 0 radical (unpaired) electrons. The zero-order valence-electron chi connectivity index (χ0n) is 12.9. The van der Waals surface area contributed by atoms with Crippen molar-refractivity contribution in [2.24, 2.45) is 0 Å². The van der Waals surface area contributed by atoms with Crippen LogP contribution in [0.2, 0.25) is 0 Å². The summed E-state index contributed by atoms with van der Waals surface area (Å²) in [4.78, 5) is 1.70. The van der Waals surface area contributed by atoms with Crippen LogP contribution >= 0.6 is 0 Å². The zero-order chi connectivity index (χ0) is 17.7. The van der Waals surface area contributed by atoms with Gasteiger partial charge in [-0.05, 0) is 35.9 Å². The fourth-order valence-electron chi connectivity index (χ4n) is 2.52. The average Bonchev–Trinajstić information content (AvgIpc) is 2.54. The molecule has 0 aliphatic carbocycles. The van der Waals surface area contributed by atoms with Crippen LogP contribution in [0.3, 0.4) is 0 Å². The molecule has 0 heterocycles. The number of aliphatic hydroxyl groups excluding tert-OH is 2. The Labute approximate surface area is 137 Å². The normalized spacial score (nSPS) is 11.5. The van der Waals surface area contributed by atoms with E-state index in [0.717, 1.165) is 12.1 Å². The van der Waals surface area contributed by atoms with Crippen LogP contribution in [-0.2, 0) is 6.18 Å². The molecule has 130 valence electrons. The lowest BCUT2D eigenvalue weighted by atomic mass is 9.99. The van der Waals surface area contributed by atoms with Crippen molar-refractivity contribution in [2.45, 2.75) is 6.18 Å².